The Kier molecular flexibility index (Phi) is 3.51. The largest absolute Gasteiger partial charge is 0.497 e. The first-order valence-electron chi connectivity index (χ1n) is 8.44. The van der Waals surface area contributed by atoms with Gasteiger partial charge in [0.05, 0.1) is 36.9 Å². The molecule has 1 N–H and O–H groups in total. The van der Waals surface area contributed by atoms with Crippen molar-refractivity contribution in [3.63, 3.8) is 0 Å². The summed E-state index contributed by atoms with van der Waals surface area (Å²) < 4.78 is 51.3. The topological polar surface area (TPSA) is 50.4 Å². The molecule has 27 heavy (non-hydrogen) atoms. The zero-order valence-corrected chi connectivity index (χ0v) is 15.2. The van der Waals surface area contributed by atoms with Crippen LogP contribution in [-0.2, 0) is 10.9 Å². The summed E-state index contributed by atoms with van der Waals surface area (Å²) in [7, 11) is 1.48. The number of aromatic nitrogens is 2. The fraction of sp³-hybridized carbons (Fsp3) is 0.389. The van der Waals surface area contributed by atoms with Gasteiger partial charge in [-0.05, 0) is 12.1 Å². The van der Waals surface area contributed by atoms with Crippen LogP contribution in [0.3, 0.4) is 0 Å². The maximum atomic E-state index is 13.6. The number of alkyl halides is 3. The van der Waals surface area contributed by atoms with Gasteiger partial charge in [-0.1, -0.05) is 0 Å². The molecule has 9 heteroatoms. The summed E-state index contributed by atoms with van der Waals surface area (Å²) in [6.07, 6.45) is -4.50. The van der Waals surface area contributed by atoms with Gasteiger partial charge >= 0.3 is 6.18 Å². The number of aromatic amines is 1. The normalized spacial score (nSPS) is 18.6. The number of thiazole rings is 1. The molecule has 4 heterocycles. The Morgan fingerprint density at radius 2 is 2.07 bits per heavy atom. The zero-order valence-electron chi connectivity index (χ0n) is 14.4. The minimum atomic E-state index is -4.50. The van der Waals surface area contributed by atoms with Gasteiger partial charge in [-0.15, -0.1) is 11.3 Å². The molecule has 0 radical (unpaired) electrons. The number of halogens is 3. The molecule has 142 valence electrons. The lowest BCUT2D eigenvalue weighted by molar-refractivity contribution is -0.140. The summed E-state index contributed by atoms with van der Waals surface area (Å²) in [5, 5.41) is 2.92. The monoisotopic (exact) mass is 395 g/mol. The van der Waals surface area contributed by atoms with E-state index in [1.54, 1.807) is 23.6 Å². The molecule has 5 nitrogen and oxygen atoms in total. The number of hydrogen-bond acceptors (Lipinski definition) is 5. The van der Waals surface area contributed by atoms with Crippen molar-refractivity contribution in [1.82, 2.24) is 9.97 Å². The van der Waals surface area contributed by atoms with Gasteiger partial charge in [-0.3, -0.25) is 0 Å². The lowest BCUT2D eigenvalue weighted by Crippen LogP contribution is -2.66. The molecular formula is C18H16F3N3O2S. The molecule has 0 aliphatic carbocycles. The van der Waals surface area contributed by atoms with Gasteiger partial charge in [-0.25, -0.2) is 4.98 Å². The third kappa shape index (κ3) is 2.60. The van der Waals surface area contributed by atoms with E-state index in [0.717, 1.165) is 31.4 Å². The molecule has 2 saturated heterocycles. The SMILES string of the molecule is COc1ccc2c(-c3csc(N4CC5(COC5)C4)n3)c(C(F)(F)F)[nH]c2c1. The van der Waals surface area contributed by atoms with Crippen molar-refractivity contribution in [2.75, 3.05) is 38.3 Å². The van der Waals surface area contributed by atoms with Gasteiger partial charge in [0.1, 0.15) is 11.4 Å². The minimum absolute atomic E-state index is 0.0878. The Bertz CT molecular complexity index is 1010. The Balaban J connectivity index is 1.56. The second-order valence-corrected chi connectivity index (χ2v) is 7.99. The van der Waals surface area contributed by atoms with E-state index in [-0.39, 0.29) is 11.0 Å². The standard InChI is InChI=1S/C18H16F3N3O2S/c1-25-10-2-3-11-12(4-10)22-15(18(19,20)21)14(11)13-5-27-16(23-13)24-6-17(7-24)8-26-9-17/h2-5,22H,6-9H2,1H3. The molecule has 1 aromatic carbocycles. The van der Waals surface area contributed by atoms with Crippen molar-refractivity contribution in [1.29, 1.82) is 0 Å². The molecule has 0 atom stereocenters. The number of hydrogen-bond donors (Lipinski definition) is 1. The van der Waals surface area contributed by atoms with Crippen LogP contribution in [0.25, 0.3) is 22.2 Å². The van der Waals surface area contributed by atoms with Crippen LogP contribution in [-0.4, -0.2) is 43.4 Å². The van der Waals surface area contributed by atoms with E-state index in [9.17, 15) is 13.2 Å². The van der Waals surface area contributed by atoms with Gasteiger partial charge < -0.3 is 19.4 Å². The second-order valence-electron chi connectivity index (χ2n) is 7.15. The molecule has 1 spiro atoms. The van der Waals surface area contributed by atoms with Gasteiger partial charge in [0.15, 0.2) is 5.13 Å². The zero-order chi connectivity index (χ0) is 18.8. The van der Waals surface area contributed by atoms with Crippen LogP contribution in [0.5, 0.6) is 5.75 Å². The first-order chi connectivity index (χ1) is 12.9. The van der Waals surface area contributed by atoms with Crippen LogP contribution in [0.15, 0.2) is 23.6 Å². The predicted molar refractivity (Wildman–Crippen MR) is 96.4 cm³/mol. The van der Waals surface area contributed by atoms with Crippen LogP contribution in [0.4, 0.5) is 18.3 Å². The van der Waals surface area contributed by atoms with Crippen molar-refractivity contribution >= 4 is 27.4 Å². The van der Waals surface area contributed by atoms with E-state index in [1.807, 2.05) is 0 Å². The van der Waals surface area contributed by atoms with E-state index in [4.69, 9.17) is 9.47 Å². The fourth-order valence-electron chi connectivity index (χ4n) is 3.78. The Morgan fingerprint density at radius 3 is 2.70 bits per heavy atom. The third-order valence-electron chi connectivity index (χ3n) is 5.18. The number of methoxy groups -OCH3 is 1. The lowest BCUT2D eigenvalue weighted by Gasteiger charge is -2.54. The van der Waals surface area contributed by atoms with Crippen molar-refractivity contribution < 1.29 is 22.6 Å². The van der Waals surface area contributed by atoms with Gasteiger partial charge in [0, 0.05) is 35.5 Å². The second kappa shape index (κ2) is 5.62. The molecule has 5 rings (SSSR count). The molecule has 2 aliphatic rings. The first kappa shape index (κ1) is 16.9. The summed E-state index contributed by atoms with van der Waals surface area (Å²) in [5.74, 6) is 0.497. The highest BCUT2D eigenvalue weighted by Gasteiger charge is 2.50. The van der Waals surface area contributed by atoms with Crippen LogP contribution in [0, 0.1) is 5.41 Å². The van der Waals surface area contributed by atoms with Crippen molar-refractivity contribution in [2.24, 2.45) is 5.41 Å². The third-order valence-corrected chi connectivity index (χ3v) is 6.08. The number of H-pyrrole nitrogens is 1. The average molecular weight is 395 g/mol. The average Bonchev–Trinajstić information content (AvgIpc) is 3.15. The number of nitrogens with one attached hydrogen (secondary N) is 1. The molecule has 2 fully saturated rings. The van der Waals surface area contributed by atoms with E-state index in [2.05, 4.69) is 14.9 Å². The molecular weight excluding hydrogens is 379 g/mol. The predicted octanol–water partition coefficient (Wildman–Crippen LogP) is 4.16. The number of anilines is 1. The highest BCUT2D eigenvalue weighted by atomic mass is 32.1. The first-order valence-corrected chi connectivity index (χ1v) is 9.32. The van der Waals surface area contributed by atoms with E-state index < -0.39 is 11.9 Å². The number of ether oxygens (including phenoxy) is 2. The number of benzene rings is 1. The van der Waals surface area contributed by atoms with E-state index >= 15 is 0 Å². The van der Waals surface area contributed by atoms with Gasteiger partial charge in [0.25, 0.3) is 0 Å². The molecule has 2 aromatic heterocycles. The van der Waals surface area contributed by atoms with E-state index in [0.29, 0.717) is 22.3 Å². The highest BCUT2D eigenvalue weighted by Crippen LogP contribution is 2.45. The molecule has 0 amide bonds. The van der Waals surface area contributed by atoms with Crippen LogP contribution in [0.2, 0.25) is 0 Å². The van der Waals surface area contributed by atoms with Crippen molar-refractivity contribution in [3.8, 4) is 17.0 Å². The van der Waals surface area contributed by atoms with Crippen LogP contribution >= 0.6 is 11.3 Å². The summed E-state index contributed by atoms with van der Waals surface area (Å²) in [5.41, 5.74) is 0.241. The van der Waals surface area contributed by atoms with Gasteiger partial charge in [0.2, 0.25) is 0 Å². The Morgan fingerprint density at radius 1 is 1.30 bits per heavy atom. The van der Waals surface area contributed by atoms with Crippen LogP contribution < -0.4 is 9.64 Å². The Labute approximate surface area is 156 Å². The van der Waals surface area contributed by atoms with Gasteiger partial charge in [-0.2, -0.15) is 13.2 Å². The maximum Gasteiger partial charge on any atom is 0.431 e. The summed E-state index contributed by atoms with van der Waals surface area (Å²) >= 11 is 1.37. The molecule has 0 unspecified atom stereocenters. The number of nitrogens with zero attached hydrogens (tertiary/aromatic N) is 2. The summed E-state index contributed by atoms with van der Waals surface area (Å²) in [4.78, 5) is 9.12. The minimum Gasteiger partial charge on any atom is -0.497 e. The number of fused-ring (bicyclic) bond motifs is 1. The molecule has 2 aliphatic heterocycles. The summed E-state index contributed by atoms with van der Waals surface area (Å²) in [6.45, 7) is 3.20. The molecule has 0 bridgehead atoms. The smallest absolute Gasteiger partial charge is 0.431 e. The molecule has 0 saturated carbocycles. The quantitative estimate of drug-likeness (QED) is 0.724. The fourth-order valence-corrected chi connectivity index (χ4v) is 4.60. The van der Waals surface area contributed by atoms with Crippen molar-refractivity contribution in [3.05, 3.63) is 29.3 Å². The number of rotatable bonds is 3. The summed E-state index contributed by atoms with van der Waals surface area (Å²) in [6, 6.07) is 4.86. The van der Waals surface area contributed by atoms with Crippen molar-refractivity contribution in [2.45, 2.75) is 6.18 Å². The maximum absolute atomic E-state index is 13.6. The molecule has 3 aromatic rings. The van der Waals surface area contributed by atoms with Crippen LogP contribution in [0.1, 0.15) is 5.69 Å². The highest BCUT2D eigenvalue weighted by molar-refractivity contribution is 7.14. The van der Waals surface area contributed by atoms with E-state index in [1.165, 1.54) is 18.4 Å². The lowest BCUT2D eigenvalue weighted by atomic mass is 9.78. The Hall–Kier alpha value is -2.26.